The highest BCUT2D eigenvalue weighted by Gasteiger charge is 2.45. The van der Waals surface area contributed by atoms with Crippen LogP contribution in [0.5, 0.6) is 0 Å². The molecule has 2 N–H and O–H groups in total. The van der Waals surface area contributed by atoms with Crippen LogP contribution < -0.4 is 10.6 Å². The SMILES string of the molecule is CCC1(CC)C(=O)Nc2cc([N+](=O)[O-])c(NC(=O)c3ccncc3)cc21. The molecule has 0 saturated carbocycles. The fourth-order valence-electron chi connectivity index (χ4n) is 3.35. The molecule has 2 amide bonds. The molecule has 26 heavy (non-hydrogen) atoms. The average molecular weight is 354 g/mol. The third kappa shape index (κ3) is 2.69. The first-order valence-electron chi connectivity index (χ1n) is 8.28. The van der Waals surface area contributed by atoms with Gasteiger partial charge in [-0.15, -0.1) is 0 Å². The van der Waals surface area contributed by atoms with Gasteiger partial charge in [0.05, 0.1) is 16.0 Å². The third-order valence-corrected chi connectivity index (χ3v) is 4.93. The standard InChI is InChI=1S/C18H18N4O4/c1-3-18(4-2)12-9-14(20-16(23)11-5-7-19-8-6-11)15(22(25)26)10-13(12)21-17(18)24/h5-10H,3-4H2,1-2H3,(H,20,23)(H,21,24). The quantitative estimate of drug-likeness (QED) is 0.632. The highest BCUT2D eigenvalue weighted by molar-refractivity contribution is 6.09. The summed E-state index contributed by atoms with van der Waals surface area (Å²) in [6.45, 7) is 3.80. The normalized spacial score (nSPS) is 14.5. The first-order chi connectivity index (χ1) is 12.4. The Morgan fingerprint density at radius 2 is 1.92 bits per heavy atom. The number of benzene rings is 1. The van der Waals surface area contributed by atoms with E-state index in [0.717, 1.165) is 0 Å². The van der Waals surface area contributed by atoms with Crippen LogP contribution in [-0.2, 0) is 10.2 Å². The van der Waals surface area contributed by atoms with Crippen LogP contribution in [0.1, 0.15) is 42.6 Å². The summed E-state index contributed by atoms with van der Waals surface area (Å²) < 4.78 is 0. The Kier molecular flexibility index (Phi) is 4.41. The highest BCUT2D eigenvalue weighted by Crippen LogP contribution is 2.46. The number of hydrogen-bond donors (Lipinski definition) is 2. The number of rotatable bonds is 5. The van der Waals surface area contributed by atoms with E-state index >= 15 is 0 Å². The Morgan fingerprint density at radius 3 is 2.50 bits per heavy atom. The van der Waals surface area contributed by atoms with Gasteiger partial charge in [-0.3, -0.25) is 24.7 Å². The second-order valence-electron chi connectivity index (χ2n) is 6.11. The van der Waals surface area contributed by atoms with Crippen molar-refractivity contribution in [1.29, 1.82) is 0 Å². The summed E-state index contributed by atoms with van der Waals surface area (Å²) in [7, 11) is 0. The van der Waals surface area contributed by atoms with E-state index in [1.54, 1.807) is 0 Å². The van der Waals surface area contributed by atoms with E-state index in [2.05, 4.69) is 15.6 Å². The average Bonchev–Trinajstić information content (AvgIpc) is 2.92. The van der Waals surface area contributed by atoms with Gasteiger partial charge in [-0.2, -0.15) is 0 Å². The number of carbonyl (C=O) groups is 2. The van der Waals surface area contributed by atoms with Crippen LogP contribution in [0.4, 0.5) is 17.1 Å². The van der Waals surface area contributed by atoms with Crippen molar-refractivity contribution < 1.29 is 14.5 Å². The van der Waals surface area contributed by atoms with Gasteiger partial charge in [0.25, 0.3) is 11.6 Å². The molecule has 0 saturated heterocycles. The summed E-state index contributed by atoms with van der Waals surface area (Å²) in [5, 5.41) is 16.8. The maximum absolute atomic E-state index is 12.5. The van der Waals surface area contributed by atoms with E-state index in [1.165, 1.54) is 36.7 Å². The molecule has 1 aromatic heterocycles. The number of pyridine rings is 1. The van der Waals surface area contributed by atoms with E-state index in [0.29, 0.717) is 29.7 Å². The zero-order valence-electron chi connectivity index (χ0n) is 14.4. The van der Waals surface area contributed by atoms with Gasteiger partial charge in [0, 0.05) is 24.0 Å². The topological polar surface area (TPSA) is 114 Å². The fraction of sp³-hybridized carbons (Fsp3) is 0.278. The lowest BCUT2D eigenvalue weighted by Crippen LogP contribution is -2.32. The lowest BCUT2D eigenvalue weighted by molar-refractivity contribution is -0.383. The Bertz CT molecular complexity index is 892. The number of carbonyl (C=O) groups excluding carboxylic acids is 2. The summed E-state index contributed by atoms with van der Waals surface area (Å²) in [6.07, 6.45) is 4.04. The van der Waals surface area contributed by atoms with Crippen molar-refractivity contribution in [2.75, 3.05) is 10.6 Å². The Hall–Kier alpha value is -3.29. The number of nitro benzene ring substituents is 1. The van der Waals surface area contributed by atoms with Gasteiger partial charge in [0.15, 0.2) is 0 Å². The molecule has 2 heterocycles. The molecule has 8 nitrogen and oxygen atoms in total. The Labute approximate surface area is 149 Å². The number of nitrogens with one attached hydrogen (secondary N) is 2. The van der Waals surface area contributed by atoms with Gasteiger partial charge in [-0.25, -0.2) is 0 Å². The van der Waals surface area contributed by atoms with Gasteiger partial charge in [0.1, 0.15) is 5.69 Å². The molecule has 1 aliphatic rings. The zero-order valence-corrected chi connectivity index (χ0v) is 14.4. The number of fused-ring (bicyclic) bond motifs is 1. The van der Waals surface area contributed by atoms with E-state index in [1.807, 2.05) is 13.8 Å². The van der Waals surface area contributed by atoms with Gasteiger partial charge in [-0.05, 0) is 36.6 Å². The number of hydrogen-bond acceptors (Lipinski definition) is 5. The van der Waals surface area contributed by atoms with Crippen LogP contribution in [0.15, 0.2) is 36.7 Å². The van der Waals surface area contributed by atoms with Crippen molar-refractivity contribution in [3.05, 3.63) is 57.9 Å². The van der Waals surface area contributed by atoms with Crippen molar-refractivity contribution in [3.63, 3.8) is 0 Å². The number of aromatic nitrogens is 1. The third-order valence-electron chi connectivity index (χ3n) is 4.93. The fourth-order valence-corrected chi connectivity index (χ4v) is 3.35. The maximum atomic E-state index is 12.5. The minimum absolute atomic E-state index is 0.0679. The molecule has 0 atom stereocenters. The van der Waals surface area contributed by atoms with Crippen molar-refractivity contribution >= 4 is 28.9 Å². The zero-order chi connectivity index (χ0) is 18.9. The molecular weight excluding hydrogens is 336 g/mol. The molecule has 2 aromatic rings. The molecular formula is C18H18N4O4. The minimum Gasteiger partial charge on any atom is -0.325 e. The molecule has 1 aliphatic heterocycles. The number of nitro groups is 1. The monoisotopic (exact) mass is 354 g/mol. The lowest BCUT2D eigenvalue weighted by atomic mass is 9.77. The van der Waals surface area contributed by atoms with E-state index in [9.17, 15) is 19.7 Å². The van der Waals surface area contributed by atoms with Crippen LogP contribution in [0.3, 0.4) is 0 Å². The lowest BCUT2D eigenvalue weighted by Gasteiger charge is -2.24. The van der Waals surface area contributed by atoms with Gasteiger partial charge in [0.2, 0.25) is 5.91 Å². The van der Waals surface area contributed by atoms with Crippen LogP contribution >= 0.6 is 0 Å². The molecule has 0 fully saturated rings. The van der Waals surface area contributed by atoms with E-state index in [4.69, 9.17) is 0 Å². The molecule has 134 valence electrons. The number of amides is 2. The van der Waals surface area contributed by atoms with Gasteiger partial charge < -0.3 is 10.6 Å². The van der Waals surface area contributed by atoms with Gasteiger partial charge >= 0.3 is 0 Å². The molecule has 1 aromatic carbocycles. The molecule has 8 heteroatoms. The summed E-state index contributed by atoms with van der Waals surface area (Å²) in [6, 6.07) is 5.88. The molecule has 0 spiro atoms. The van der Waals surface area contributed by atoms with Crippen molar-refractivity contribution in [1.82, 2.24) is 4.98 Å². The first kappa shape index (κ1) is 17.5. The van der Waals surface area contributed by atoms with Gasteiger partial charge in [-0.1, -0.05) is 13.8 Å². The minimum atomic E-state index is -0.749. The van der Waals surface area contributed by atoms with E-state index < -0.39 is 16.2 Å². The first-order valence-corrected chi connectivity index (χ1v) is 8.28. The Morgan fingerprint density at radius 1 is 1.27 bits per heavy atom. The highest BCUT2D eigenvalue weighted by atomic mass is 16.6. The van der Waals surface area contributed by atoms with Crippen molar-refractivity contribution in [2.45, 2.75) is 32.1 Å². The van der Waals surface area contributed by atoms with Crippen molar-refractivity contribution in [2.24, 2.45) is 0 Å². The maximum Gasteiger partial charge on any atom is 0.294 e. The summed E-state index contributed by atoms with van der Waals surface area (Å²) in [5.41, 5.74) is 0.477. The van der Waals surface area contributed by atoms with Crippen LogP contribution in [0, 0.1) is 10.1 Å². The largest absolute Gasteiger partial charge is 0.325 e. The van der Waals surface area contributed by atoms with Crippen LogP contribution in [0.2, 0.25) is 0 Å². The number of anilines is 2. The predicted molar refractivity (Wildman–Crippen MR) is 96.2 cm³/mol. The number of nitrogens with zero attached hydrogens (tertiary/aromatic N) is 2. The van der Waals surface area contributed by atoms with E-state index in [-0.39, 0.29) is 17.3 Å². The molecule has 0 aliphatic carbocycles. The van der Waals surface area contributed by atoms with Crippen molar-refractivity contribution in [3.8, 4) is 0 Å². The second-order valence-corrected chi connectivity index (χ2v) is 6.11. The molecule has 3 rings (SSSR count). The molecule has 0 unspecified atom stereocenters. The summed E-state index contributed by atoms with van der Waals surface area (Å²) >= 11 is 0. The molecule has 0 radical (unpaired) electrons. The second kappa shape index (κ2) is 6.55. The van der Waals surface area contributed by atoms with Crippen LogP contribution in [-0.4, -0.2) is 21.7 Å². The Balaban J connectivity index is 2.08. The van der Waals surface area contributed by atoms with Crippen LogP contribution in [0.25, 0.3) is 0 Å². The summed E-state index contributed by atoms with van der Waals surface area (Å²) in [5.74, 6) is -0.657. The predicted octanol–water partition coefficient (Wildman–Crippen LogP) is 3.25. The smallest absolute Gasteiger partial charge is 0.294 e. The summed E-state index contributed by atoms with van der Waals surface area (Å²) in [4.78, 5) is 39.6. The molecule has 0 bridgehead atoms.